The third-order valence-electron chi connectivity index (χ3n) is 4.58. The van der Waals surface area contributed by atoms with Gasteiger partial charge in [0.15, 0.2) is 5.96 Å². The summed E-state index contributed by atoms with van der Waals surface area (Å²) < 4.78 is 35.5. The van der Waals surface area contributed by atoms with Crippen LogP contribution in [-0.2, 0) is 17.8 Å². The van der Waals surface area contributed by atoms with E-state index in [2.05, 4.69) is 25.7 Å². The van der Waals surface area contributed by atoms with E-state index in [1.54, 1.807) is 18.2 Å². The van der Waals surface area contributed by atoms with Gasteiger partial charge in [-0.25, -0.2) is 4.99 Å². The van der Waals surface area contributed by atoms with Crippen molar-refractivity contribution in [2.75, 3.05) is 25.0 Å². The number of benzene rings is 2. The van der Waals surface area contributed by atoms with Crippen molar-refractivity contribution in [3.63, 3.8) is 0 Å². The Morgan fingerprint density at radius 2 is 2.00 bits per heavy atom. The number of anilines is 1. The highest BCUT2D eigenvalue weighted by molar-refractivity contribution is 14.0. The molecular weight excluding hydrogens is 533 g/mol. The van der Waals surface area contributed by atoms with Crippen molar-refractivity contribution in [1.82, 2.24) is 10.6 Å². The molecule has 3 rings (SSSR count). The number of guanidine groups is 1. The molecule has 0 radical (unpaired) electrons. The van der Waals surface area contributed by atoms with E-state index in [1.165, 1.54) is 6.07 Å². The van der Waals surface area contributed by atoms with Crippen LogP contribution in [0.1, 0.15) is 24.5 Å². The van der Waals surface area contributed by atoms with Crippen LogP contribution in [0.5, 0.6) is 11.5 Å². The number of nitrogens with zero attached hydrogens (tertiary/aromatic N) is 1. The molecule has 7 nitrogen and oxygen atoms in total. The molecule has 2 aromatic carbocycles. The number of rotatable bonds is 9. The summed E-state index contributed by atoms with van der Waals surface area (Å²) in [7, 11) is 0. The summed E-state index contributed by atoms with van der Waals surface area (Å²) in [6.07, 6.45) is 1.18. The Bertz CT molecular complexity index is 928. The first-order chi connectivity index (χ1) is 15.0. The number of hydrogen-bond donors (Lipinski definition) is 3. The maximum absolute atomic E-state index is 12.6. The van der Waals surface area contributed by atoms with Crippen LogP contribution in [0.25, 0.3) is 0 Å². The summed E-state index contributed by atoms with van der Waals surface area (Å²) in [5.74, 6) is 1.43. The molecule has 1 aliphatic heterocycles. The average Bonchev–Trinajstić information content (AvgIpc) is 2.75. The molecule has 0 aromatic heterocycles. The highest BCUT2D eigenvalue weighted by Gasteiger charge is 2.15. The van der Waals surface area contributed by atoms with Gasteiger partial charge in [0.25, 0.3) is 0 Å². The van der Waals surface area contributed by atoms with Gasteiger partial charge >= 0.3 is 6.61 Å². The predicted molar refractivity (Wildman–Crippen MR) is 130 cm³/mol. The first-order valence-electron chi connectivity index (χ1n) is 10.2. The van der Waals surface area contributed by atoms with Crippen molar-refractivity contribution in [3.8, 4) is 11.5 Å². The topological polar surface area (TPSA) is 84.0 Å². The van der Waals surface area contributed by atoms with Crippen LogP contribution in [0, 0.1) is 0 Å². The van der Waals surface area contributed by atoms with Gasteiger partial charge in [-0.05, 0) is 43.2 Å². The highest BCUT2D eigenvalue weighted by atomic mass is 127. The Morgan fingerprint density at radius 3 is 2.78 bits per heavy atom. The Balaban J connectivity index is 0.00000363. The molecule has 1 aliphatic rings. The van der Waals surface area contributed by atoms with Gasteiger partial charge in [0.1, 0.15) is 18.1 Å². The van der Waals surface area contributed by atoms with Gasteiger partial charge in [-0.15, -0.1) is 24.0 Å². The number of aliphatic imine (C=N–C) groups is 1. The molecule has 3 N–H and O–H groups in total. The molecule has 2 aromatic rings. The number of carbonyl (C=O) groups is 1. The zero-order chi connectivity index (χ0) is 22.1. The lowest BCUT2D eigenvalue weighted by Gasteiger charge is -2.18. The van der Waals surface area contributed by atoms with E-state index in [4.69, 9.17) is 4.74 Å². The minimum Gasteiger partial charge on any atom is -0.492 e. The number of halogens is 3. The predicted octanol–water partition coefficient (Wildman–Crippen LogP) is 3.92. The van der Waals surface area contributed by atoms with Crippen LogP contribution in [0.2, 0.25) is 0 Å². The number of nitrogens with one attached hydrogen (secondary N) is 3. The Hall–Kier alpha value is -2.63. The van der Waals surface area contributed by atoms with Gasteiger partial charge < -0.3 is 25.4 Å². The van der Waals surface area contributed by atoms with Crippen LogP contribution >= 0.6 is 24.0 Å². The molecule has 32 heavy (non-hydrogen) atoms. The molecular formula is C22H27F2IN4O3. The number of fused-ring (bicyclic) bond motifs is 1. The highest BCUT2D eigenvalue weighted by Crippen LogP contribution is 2.26. The molecule has 0 unspecified atom stereocenters. The molecule has 1 amide bonds. The summed E-state index contributed by atoms with van der Waals surface area (Å²) in [6, 6.07) is 12.2. The van der Waals surface area contributed by atoms with E-state index in [-0.39, 0.29) is 42.2 Å². The van der Waals surface area contributed by atoms with Gasteiger partial charge in [-0.2, -0.15) is 8.78 Å². The average molecular weight is 560 g/mol. The lowest BCUT2D eigenvalue weighted by atomic mass is 10.0. The maximum atomic E-state index is 12.6. The van der Waals surface area contributed by atoms with E-state index in [1.807, 2.05) is 25.1 Å². The number of carbonyl (C=O) groups excluding carboxylic acids is 1. The van der Waals surface area contributed by atoms with Crippen LogP contribution < -0.4 is 25.4 Å². The molecule has 0 bridgehead atoms. The van der Waals surface area contributed by atoms with Gasteiger partial charge in [0.05, 0.1) is 13.1 Å². The lowest BCUT2D eigenvalue weighted by molar-refractivity contribution is -0.116. The number of alkyl halides is 2. The van der Waals surface area contributed by atoms with Crippen molar-refractivity contribution >= 4 is 41.5 Å². The van der Waals surface area contributed by atoms with E-state index < -0.39 is 6.61 Å². The minimum atomic E-state index is -2.88. The molecule has 1 heterocycles. The zero-order valence-corrected chi connectivity index (χ0v) is 20.0. The Labute approximate surface area is 203 Å². The summed E-state index contributed by atoms with van der Waals surface area (Å²) in [5, 5.41) is 9.11. The molecule has 0 saturated heterocycles. The fraction of sp³-hybridized carbons (Fsp3) is 0.364. The molecule has 10 heteroatoms. The molecule has 0 spiro atoms. The summed E-state index contributed by atoms with van der Waals surface area (Å²) in [4.78, 5) is 15.9. The monoisotopic (exact) mass is 560 g/mol. The minimum absolute atomic E-state index is 0. The number of amides is 1. The number of ether oxygens (including phenoxy) is 2. The fourth-order valence-corrected chi connectivity index (χ4v) is 3.14. The van der Waals surface area contributed by atoms with Gasteiger partial charge in [-0.3, -0.25) is 4.79 Å². The van der Waals surface area contributed by atoms with Crippen LogP contribution in [-0.4, -0.2) is 38.2 Å². The first kappa shape index (κ1) is 25.6. The second-order valence-corrected chi connectivity index (χ2v) is 6.82. The third-order valence-corrected chi connectivity index (χ3v) is 4.58. The van der Waals surface area contributed by atoms with Crippen molar-refractivity contribution in [1.29, 1.82) is 0 Å². The Kier molecular flexibility index (Phi) is 10.4. The van der Waals surface area contributed by atoms with Crippen molar-refractivity contribution < 1.29 is 23.0 Å². The van der Waals surface area contributed by atoms with E-state index >= 15 is 0 Å². The maximum Gasteiger partial charge on any atom is 0.387 e. The van der Waals surface area contributed by atoms with Crippen molar-refractivity contribution in [2.24, 2.45) is 4.99 Å². The van der Waals surface area contributed by atoms with Crippen LogP contribution in [0.4, 0.5) is 14.5 Å². The summed E-state index contributed by atoms with van der Waals surface area (Å²) >= 11 is 0. The Morgan fingerprint density at radius 1 is 1.19 bits per heavy atom. The van der Waals surface area contributed by atoms with Crippen LogP contribution in [0.15, 0.2) is 47.5 Å². The van der Waals surface area contributed by atoms with Gasteiger partial charge in [0, 0.05) is 24.2 Å². The first-order valence-corrected chi connectivity index (χ1v) is 10.2. The largest absolute Gasteiger partial charge is 0.492 e. The number of aryl methyl sites for hydroxylation is 1. The molecule has 0 saturated carbocycles. The number of para-hydroxylation sites is 1. The SMILES string of the molecule is CCNC(=NCc1ccccc1OC(F)F)NCCOc1ccc2c(c1)CCC(=O)N2.I. The molecule has 0 atom stereocenters. The standard InChI is InChI=1S/C22H26F2N4O3.HI/c1-2-25-22(27-14-16-5-3-4-6-19(16)31-21(23)24)26-11-12-30-17-8-9-18-15(13-17)7-10-20(29)28-18;/h3-6,8-9,13,21H,2,7,10-12,14H2,1H3,(H,28,29)(H2,25,26,27);1H. The van der Waals surface area contributed by atoms with Crippen molar-refractivity contribution in [3.05, 3.63) is 53.6 Å². The van der Waals surface area contributed by atoms with Gasteiger partial charge in [-0.1, -0.05) is 18.2 Å². The smallest absolute Gasteiger partial charge is 0.387 e. The zero-order valence-electron chi connectivity index (χ0n) is 17.7. The van der Waals surface area contributed by atoms with E-state index in [0.717, 1.165) is 17.0 Å². The summed E-state index contributed by atoms with van der Waals surface area (Å²) in [5.41, 5.74) is 2.46. The fourth-order valence-electron chi connectivity index (χ4n) is 3.14. The summed E-state index contributed by atoms with van der Waals surface area (Å²) in [6.45, 7) is 0.797. The second kappa shape index (κ2) is 13.0. The van der Waals surface area contributed by atoms with Gasteiger partial charge in [0.2, 0.25) is 5.91 Å². The lowest BCUT2D eigenvalue weighted by Crippen LogP contribution is -2.39. The van der Waals surface area contributed by atoms with Crippen molar-refractivity contribution in [2.45, 2.75) is 32.9 Å². The molecule has 174 valence electrons. The molecule has 0 aliphatic carbocycles. The second-order valence-electron chi connectivity index (χ2n) is 6.82. The van der Waals surface area contributed by atoms with E-state index in [0.29, 0.717) is 44.1 Å². The molecule has 0 fully saturated rings. The number of hydrogen-bond acceptors (Lipinski definition) is 4. The van der Waals surface area contributed by atoms with Crippen LogP contribution in [0.3, 0.4) is 0 Å². The van der Waals surface area contributed by atoms with E-state index in [9.17, 15) is 13.6 Å². The third kappa shape index (κ3) is 7.81. The normalized spacial score (nSPS) is 13.0. The quantitative estimate of drug-likeness (QED) is 0.188.